The number of hydrogen-bond donors (Lipinski definition) is 1. The lowest BCUT2D eigenvalue weighted by Gasteiger charge is -2.41. The molecule has 2 unspecified atom stereocenters. The van der Waals surface area contributed by atoms with E-state index in [1.807, 2.05) is 13.8 Å². The molecule has 0 aliphatic carbocycles. The van der Waals surface area contributed by atoms with Crippen molar-refractivity contribution in [1.82, 2.24) is 5.32 Å². The van der Waals surface area contributed by atoms with Gasteiger partial charge in [-0.1, -0.05) is 13.8 Å². The second kappa shape index (κ2) is 5.82. The maximum absolute atomic E-state index is 13.9. The number of nitrogens with one attached hydrogen (secondary N) is 1. The number of benzene rings is 1. The molecule has 1 heterocycles. The molecule has 1 N–H and O–H groups in total. The normalized spacial score (nSPS) is 23.7. The van der Waals surface area contributed by atoms with Crippen molar-refractivity contribution in [2.45, 2.75) is 38.8 Å². The Kier molecular flexibility index (Phi) is 4.34. The van der Waals surface area contributed by atoms with E-state index in [0.717, 1.165) is 18.9 Å². The predicted molar refractivity (Wildman–Crippen MR) is 69.8 cm³/mol. The molecule has 0 spiro atoms. The molecule has 1 saturated heterocycles. The summed E-state index contributed by atoms with van der Waals surface area (Å²) in [5.74, 6) is -2.83. The van der Waals surface area contributed by atoms with E-state index in [4.69, 9.17) is 0 Å². The van der Waals surface area contributed by atoms with Crippen LogP contribution in [-0.2, 0) is 0 Å². The highest BCUT2D eigenvalue weighted by Crippen LogP contribution is 2.27. The summed E-state index contributed by atoms with van der Waals surface area (Å²) in [6, 6.07) is 1.94. The lowest BCUT2D eigenvalue weighted by molar-refractivity contribution is 0.372. The van der Waals surface area contributed by atoms with Gasteiger partial charge in [0, 0.05) is 37.3 Å². The molecule has 0 amide bonds. The van der Waals surface area contributed by atoms with Crippen molar-refractivity contribution >= 4 is 5.69 Å². The molecular weight excluding hydrogens is 253 g/mol. The minimum absolute atomic E-state index is 0.0318. The Balaban J connectivity index is 2.36. The summed E-state index contributed by atoms with van der Waals surface area (Å²) in [5.41, 5.74) is 0.0318. The van der Waals surface area contributed by atoms with Gasteiger partial charge in [0.15, 0.2) is 11.6 Å². The Morgan fingerprint density at radius 3 is 2.58 bits per heavy atom. The summed E-state index contributed by atoms with van der Waals surface area (Å²) < 4.78 is 40.6. The molecule has 1 aliphatic heterocycles. The number of rotatable bonds is 3. The van der Waals surface area contributed by atoms with Crippen LogP contribution in [-0.4, -0.2) is 25.2 Å². The van der Waals surface area contributed by atoms with Crippen LogP contribution in [0.4, 0.5) is 18.9 Å². The third-order valence-corrected chi connectivity index (χ3v) is 3.75. The van der Waals surface area contributed by atoms with Gasteiger partial charge in [0.05, 0.1) is 5.69 Å². The first-order valence-corrected chi connectivity index (χ1v) is 6.71. The third kappa shape index (κ3) is 2.86. The molecule has 0 saturated carbocycles. The summed E-state index contributed by atoms with van der Waals surface area (Å²) in [7, 11) is 0. The van der Waals surface area contributed by atoms with Crippen molar-refractivity contribution in [3.63, 3.8) is 0 Å². The smallest absolute Gasteiger partial charge is 0.182 e. The van der Waals surface area contributed by atoms with E-state index in [9.17, 15) is 13.2 Å². The van der Waals surface area contributed by atoms with Crippen molar-refractivity contribution in [1.29, 1.82) is 0 Å². The van der Waals surface area contributed by atoms with Gasteiger partial charge >= 0.3 is 0 Å². The molecular formula is C14H19F3N2. The van der Waals surface area contributed by atoms with Gasteiger partial charge in [0.1, 0.15) is 5.82 Å². The molecule has 19 heavy (non-hydrogen) atoms. The number of halogens is 3. The van der Waals surface area contributed by atoms with Crippen LogP contribution in [0.5, 0.6) is 0 Å². The topological polar surface area (TPSA) is 15.3 Å². The van der Waals surface area contributed by atoms with E-state index in [0.29, 0.717) is 19.2 Å². The van der Waals surface area contributed by atoms with E-state index in [-0.39, 0.29) is 17.8 Å². The lowest BCUT2D eigenvalue weighted by atomic mass is 10.0. The van der Waals surface area contributed by atoms with Crippen molar-refractivity contribution in [3.05, 3.63) is 29.6 Å². The second-order valence-electron chi connectivity index (χ2n) is 4.95. The first-order chi connectivity index (χ1) is 9.06. The number of hydrogen-bond acceptors (Lipinski definition) is 2. The molecule has 2 rings (SSSR count). The van der Waals surface area contributed by atoms with Crippen molar-refractivity contribution in [2.24, 2.45) is 0 Å². The fraction of sp³-hybridized carbons (Fsp3) is 0.571. The van der Waals surface area contributed by atoms with Gasteiger partial charge in [0.25, 0.3) is 0 Å². The van der Waals surface area contributed by atoms with E-state index >= 15 is 0 Å². The van der Waals surface area contributed by atoms with Gasteiger partial charge in [-0.15, -0.1) is 0 Å². The third-order valence-electron chi connectivity index (χ3n) is 3.75. The van der Waals surface area contributed by atoms with Crippen molar-refractivity contribution in [2.75, 3.05) is 18.0 Å². The zero-order valence-electron chi connectivity index (χ0n) is 11.2. The number of nitrogens with zero attached hydrogens (tertiary/aromatic N) is 1. The summed E-state index contributed by atoms with van der Waals surface area (Å²) in [6.07, 6.45) is 1.69. The SMILES string of the molecule is CCC1CN(c2cc(F)cc(F)c2F)C(CC)CN1. The van der Waals surface area contributed by atoms with Crippen molar-refractivity contribution in [3.8, 4) is 0 Å². The average Bonchev–Trinajstić information content (AvgIpc) is 2.42. The summed E-state index contributed by atoms with van der Waals surface area (Å²) in [6.45, 7) is 5.28. The summed E-state index contributed by atoms with van der Waals surface area (Å²) >= 11 is 0. The van der Waals surface area contributed by atoms with Gasteiger partial charge in [0.2, 0.25) is 0 Å². The van der Waals surface area contributed by atoms with Gasteiger partial charge < -0.3 is 10.2 Å². The average molecular weight is 272 g/mol. The Labute approximate surface area is 111 Å². The molecule has 5 heteroatoms. The van der Waals surface area contributed by atoms with Gasteiger partial charge in [-0.3, -0.25) is 0 Å². The minimum Gasteiger partial charge on any atom is -0.363 e. The maximum atomic E-state index is 13.9. The Morgan fingerprint density at radius 1 is 1.21 bits per heavy atom. The molecule has 106 valence electrons. The molecule has 0 bridgehead atoms. The molecule has 1 aromatic rings. The Hall–Kier alpha value is -1.23. The molecule has 0 aromatic heterocycles. The lowest BCUT2D eigenvalue weighted by Crippen LogP contribution is -2.56. The van der Waals surface area contributed by atoms with Crippen LogP contribution >= 0.6 is 0 Å². The first kappa shape index (κ1) is 14.2. The monoisotopic (exact) mass is 272 g/mol. The van der Waals surface area contributed by atoms with E-state index in [2.05, 4.69) is 5.32 Å². The zero-order valence-corrected chi connectivity index (χ0v) is 11.2. The quantitative estimate of drug-likeness (QED) is 0.851. The van der Waals surface area contributed by atoms with Crippen LogP contribution in [0, 0.1) is 17.5 Å². The highest BCUT2D eigenvalue weighted by Gasteiger charge is 2.29. The Morgan fingerprint density at radius 2 is 1.95 bits per heavy atom. The highest BCUT2D eigenvalue weighted by atomic mass is 19.2. The minimum atomic E-state index is -1.13. The van der Waals surface area contributed by atoms with E-state index in [1.165, 1.54) is 0 Å². The fourth-order valence-electron chi connectivity index (χ4n) is 2.55. The summed E-state index contributed by atoms with van der Waals surface area (Å²) in [5, 5.41) is 3.37. The molecule has 1 aliphatic rings. The van der Waals surface area contributed by atoms with Gasteiger partial charge in [-0.25, -0.2) is 13.2 Å². The van der Waals surface area contributed by atoms with E-state index in [1.54, 1.807) is 4.90 Å². The predicted octanol–water partition coefficient (Wildman–Crippen LogP) is 3.07. The zero-order chi connectivity index (χ0) is 14.0. The number of anilines is 1. The van der Waals surface area contributed by atoms with Crippen LogP contribution in [0.3, 0.4) is 0 Å². The Bertz CT molecular complexity index is 451. The van der Waals surface area contributed by atoms with Gasteiger partial charge in [-0.05, 0) is 12.8 Å². The molecule has 0 radical (unpaired) electrons. The molecule has 2 atom stereocenters. The van der Waals surface area contributed by atoms with Gasteiger partial charge in [-0.2, -0.15) is 0 Å². The molecule has 1 aromatic carbocycles. The largest absolute Gasteiger partial charge is 0.363 e. The molecule has 1 fully saturated rings. The van der Waals surface area contributed by atoms with Crippen molar-refractivity contribution < 1.29 is 13.2 Å². The van der Waals surface area contributed by atoms with Crippen LogP contribution < -0.4 is 10.2 Å². The molecule has 2 nitrogen and oxygen atoms in total. The van der Waals surface area contributed by atoms with Crippen LogP contribution in [0.25, 0.3) is 0 Å². The van der Waals surface area contributed by atoms with Crippen LogP contribution in [0.2, 0.25) is 0 Å². The standard InChI is InChI=1S/C14H19F3N2/c1-3-10-8-19(11(4-2)7-18-10)13-6-9(15)5-12(16)14(13)17/h5-6,10-11,18H,3-4,7-8H2,1-2H3. The first-order valence-electron chi connectivity index (χ1n) is 6.71. The van der Waals surface area contributed by atoms with E-state index < -0.39 is 17.5 Å². The summed E-state index contributed by atoms with van der Waals surface area (Å²) in [4.78, 5) is 1.78. The fourth-order valence-corrected chi connectivity index (χ4v) is 2.55. The van der Waals surface area contributed by atoms with Crippen LogP contribution in [0.15, 0.2) is 12.1 Å². The van der Waals surface area contributed by atoms with Crippen LogP contribution in [0.1, 0.15) is 26.7 Å². The highest BCUT2D eigenvalue weighted by molar-refractivity contribution is 5.50. The maximum Gasteiger partial charge on any atom is 0.182 e. The number of piperazine rings is 1. The second-order valence-corrected chi connectivity index (χ2v) is 4.95.